The lowest BCUT2D eigenvalue weighted by molar-refractivity contribution is -0.384. The van der Waals surface area contributed by atoms with E-state index in [-0.39, 0.29) is 5.69 Å². The van der Waals surface area contributed by atoms with E-state index in [2.05, 4.69) is 15.3 Å². The topological polar surface area (TPSA) is 94.1 Å². The highest BCUT2D eigenvalue weighted by Gasteiger charge is 2.11. The van der Waals surface area contributed by atoms with Crippen LogP contribution in [0.3, 0.4) is 0 Å². The Bertz CT molecular complexity index is 796. The van der Waals surface area contributed by atoms with Crippen LogP contribution in [0.1, 0.15) is 10.7 Å². The van der Waals surface area contributed by atoms with E-state index >= 15 is 0 Å². The van der Waals surface area contributed by atoms with Gasteiger partial charge < -0.3 is 9.73 Å². The maximum atomic E-state index is 10.7. The third kappa shape index (κ3) is 3.00. The monoisotopic (exact) mass is 304 g/mol. The second-order valence-corrected chi connectivity index (χ2v) is 5.43. The molecule has 1 N–H and O–H groups in total. The van der Waals surface area contributed by atoms with Gasteiger partial charge in [-0.2, -0.15) is 4.98 Å². The fourth-order valence-corrected chi connectivity index (χ4v) is 2.67. The quantitative estimate of drug-likeness (QED) is 0.574. The number of rotatable bonds is 5. The van der Waals surface area contributed by atoms with Crippen molar-refractivity contribution in [2.75, 3.05) is 11.9 Å². The Morgan fingerprint density at radius 1 is 1.43 bits per heavy atom. The lowest BCUT2D eigenvalue weighted by atomic mass is 10.3. The molecule has 0 saturated heterocycles. The largest absolute Gasteiger partial charge is 0.423 e. The Morgan fingerprint density at radius 2 is 2.29 bits per heavy atom. The van der Waals surface area contributed by atoms with Crippen LogP contribution >= 0.6 is 11.3 Å². The zero-order valence-electron chi connectivity index (χ0n) is 11.2. The molecule has 0 aliphatic rings. The highest BCUT2D eigenvalue weighted by Crippen LogP contribution is 2.23. The van der Waals surface area contributed by atoms with Gasteiger partial charge in [0.15, 0.2) is 5.58 Å². The molecule has 21 heavy (non-hydrogen) atoms. The molecule has 0 fully saturated rings. The van der Waals surface area contributed by atoms with Crippen molar-refractivity contribution in [2.24, 2.45) is 0 Å². The minimum Gasteiger partial charge on any atom is -0.423 e. The number of nitrogens with one attached hydrogen (secondary N) is 1. The van der Waals surface area contributed by atoms with Gasteiger partial charge in [0.25, 0.3) is 11.7 Å². The van der Waals surface area contributed by atoms with Crippen molar-refractivity contribution >= 4 is 34.1 Å². The van der Waals surface area contributed by atoms with Crippen molar-refractivity contribution < 1.29 is 9.34 Å². The summed E-state index contributed by atoms with van der Waals surface area (Å²) in [6, 6.07) is 4.72. The van der Waals surface area contributed by atoms with Crippen LogP contribution in [0.15, 0.2) is 28.0 Å². The fraction of sp³-hybridized carbons (Fsp3) is 0.231. The molecule has 108 valence electrons. The number of benzene rings is 1. The Kier molecular flexibility index (Phi) is 3.53. The Morgan fingerprint density at radius 3 is 3.00 bits per heavy atom. The molecule has 0 aliphatic carbocycles. The predicted octanol–water partition coefficient (Wildman–Crippen LogP) is 3.16. The van der Waals surface area contributed by atoms with Crippen molar-refractivity contribution in [3.05, 3.63) is 44.4 Å². The van der Waals surface area contributed by atoms with E-state index in [0.717, 1.165) is 17.1 Å². The van der Waals surface area contributed by atoms with Gasteiger partial charge in [-0.15, -0.1) is 11.3 Å². The van der Waals surface area contributed by atoms with Crippen molar-refractivity contribution in [3.8, 4) is 0 Å². The SMILES string of the molecule is Cc1csc(CCNc2nc3ccc([N+](=O)[O-])cc3o2)n1. The van der Waals surface area contributed by atoms with Crippen LogP contribution in [-0.4, -0.2) is 21.4 Å². The normalized spacial score (nSPS) is 10.9. The van der Waals surface area contributed by atoms with E-state index in [9.17, 15) is 10.1 Å². The van der Waals surface area contributed by atoms with E-state index in [1.54, 1.807) is 17.4 Å². The second-order valence-electron chi connectivity index (χ2n) is 4.49. The average molecular weight is 304 g/mol. The van der Waals surface area contributed by atoms with E-state index in [0.29, 0.717) is 23.7 Å². The molecule has 1 aromatic carbocycles. The summed E-state index contributed by atoms with van der Waals surface area (Å²) >= 11 is 1.62. The molecule has 0 bridgehead atoms. The second kappa shape index (κ2) is 5.49. The Balaban J connectivity index is 1.68. The number of nitro benzene ring substituents is 1. The fourth-order valence-electron chi connectivity index (χ4n) is 1.90. The summed E-state index contributed by atoms with van der Waals surface area (Å²) < 4.78 is 5.46. The first-order chi connectivity index (χ1) is 10.1. The standard InChI is InChI=1S/C13H12N4O3S/c1-8-7-21-12(15-8)4-5-14-13-16-10-3-2-9(17(18)19)6-11(10)20-13/h2-3,6-7H,4-5H2,1H3,(H,14,16). The van der Waals surface area contributed by atoms with Gasteiger partial charge in [0.2, 0.25) is 0 Å². The van der Waals surface area contributed by atoms with Gasteiger partial charge in [0.05, 0.1) is 16.0 Å². The van der Waals surface area contributed by atoms with Gasteiger partial charge in [-0.05, 0) is 13.0 Å². The minimum absolute atomic E-state index is 0.0107. The molecule has 0 unspecified atom stereocenters. The lowest BCUT2D eigenvalue weighted by Crippen LogP contribution is -2.04. The highest BCUT2D eigenvalue weighted by molar-refractivity contribution is 7.09. The molecule has 2 aromatic heterocycles. The summed E-state index contributed by atoms with van der Waals surface area (Å²) in [6.07, 6.45) is 0.775. The maximum Gasteiger partial charge on any atom is 0.295 e. The van der Waals surface area contributed by atoms with Crippen molar-refractivity contribution in [1.29, 1.82) is 0 Å². The molecule has 7 nitrogen and oxygen atoms in total. The molecule has 0 amide bonds. The molecule has 0 saturated carbocycles. The zero-order valence-corrected chi connectivity index (χ0v) is 12.0. The third-order valence-electron chi connectivity index (χ3n) is 2.86. The molecule has 3 rings (SSSR count). The smallest absolute Gasteiger partial charge is 0.295 e. The number of oxazole rings is 1. The number of fused-ring (bicyclic) bond motifs is 1. The van der Waals surface area contributed by atoms with Crippen LogP contribution in [0.25, 0.3) is 11.1 Å². The van der Waals surface area contributed by atoms with Gasteiger partial charge >= 0.3 is 0 Å². The lowest BCUT2D eigenvalue weighted by Gasteiger charge is -1.98. The third-order valence-corrected chi connectivity index (χ3v) is 3.89. The predicted molar refractivity (Wildman–Crippen MR) is 79.7 cm³/mol. The number of nitro groups is 1. The van der Waals surface area contributed by atoms with Gasteiger partial charge in [-0.25, -0.2) is 4.98 Å². The first-order valence-corrected chi connectivity index (χ1v) is 7.19. The van der Waals surface area contributed by atoms with Crippen LogP contribution in [0.5, 0.6) is 0 Å². The van der Waals surface area contributed by atoms with Crippen LogP contribution in [0, 0.1) is 17.0 Å². The molecular formula is C13H12N4O3S. The van der Waals surface area contributed by atoms with Crippen LogP contribution in [0.4, 0.5) is 11.7 Å². The summed E-state index contributed by atoms with van der Waals surface area (Å²) in [4.78, 5) is 18.8. The molecule has 0 spiro atoms. The number of nitrogens with zero attached hydrogens (tertiary/aromatic N) is 3. The van der Waals surface area contributed by atoms with Gasteiger partial charge in [0, 0.05) is 30.1 Å². The van der Waals surface area contributed by atoms with Crippen LogP contribution < -0.4 is 5.32 Å². The van der Waals surface area contributed by atoms with E-state index in [4.69, 9.17) is 4.42 Å². The summed E-state index contributed by atoms with van der Waals surface area (Å²) in [5, 5.41) is 16.8. The van der Waals surface area contributed by atoms with Gasteiger partial charge in [0.1, 0.15) is 5.52 Å². The zero-order chi connectivity index (χ0) is 14.8. The molecule has 2 heterocycles. The van der Waals surface area contributed by atoms with Crippen molar-refractivity contribution in [1.82, 2.24) is 9.97 Å². The molecule has 3 aromatic rings. The van der Waals surface area contributed by atoms with Crippen LogP contribution in [0.2, 0.25) is 0 Å². The van der Waals surface area contributed by atoms with Crippen molar-refractivity contribution in [3.63, 3.8) is 0 Å². The summed E-state index contributed by atoms with van der Waals surface area (Å²) in [6.45, 7) is 2.60. The van der Waals surface area contributed by atoms with E-state index < -0.39 is 4.92 Å². The summed E-state index contributed by atoms with van der Waals surface area (Å²) in [5.41, 5.74) is 2.00. The number of thiazole rings is 1. The summed E-state index contributed by atoms with van der Waals surface area (Å²) in [7, 11) is 0. The first-order valence-electron chi connectivity index (χ1n) is 6.32. The maximum absolute atomic E-state index is 10.7. The molecule has 0 radical (unpaired) electrons. The van der Waals surface area contributed by atoms with Crippen LogP contribution in [-0.2, 0) is 6.42 Å². The number of aryl methyl sites for hydroxylation is 1. The minimum atomic E-state index is -0.458. The van der Waals surface area contributed by atoms with Gasteiger partial charge in [-0.1, -0.05) is 0 Å². The first kappa shape index (κ1) is 13.5. The average Bonchev–Trinajstić information content (AvgIpc) is 3.03. The number of hydrogen-bond acceptors (Lipinski definition) is 7. The number of aromatic nitrogens is 2. The highest BCUT2D eigenvalue weighted by atomic mass is 32.1. The number of anilines is 1. The van der Waals surface area contributed by atoms with E-state index in [1.807, 2.05) is 12.3 Å². The molecule has 8 heteroatoms. The van der Waals surface area contributed by atoms with Crippen molar-refractivity contribution in [2.45, 2.75) is 13.3 Å². The number of hydrogen-bond donors (Lipinski definition) is 1. The van der Waals surface area contributed by atoms with Gasteiger partial charge in [-0.3, -0.25) is 10.1 Å². The number of non-ortho nitro benzene ring substituents is 1. The summed E-state index contributed by atoms with van der Waals surface area (Å²) in [5.74, 6) is 0. The Labute approximate surface area is 123 Å². The molecule has 0 aliphatic heterocycles. The Hall–Kier alpha value is -2.48. The molecular weight excluding hydrogens is 292 g/mol. The molecule has 0 atom stereocenters. The van der Waals surface area contributed by atoms with E-state index in [1.165, 1.54) is 12.1 Å².